The molecule has 0 unspecified atom stereocenters. The molecule has 5 rings (SSSR count). The largest absolute Gasteiger partial charge is 0.447 e. The van der Waals surface area contributed by atoms with Gasteiger partial charge >= 0.3 is 6.09 Å². The van der Waals surface area contributed by atoms with Gasteiger partial charge in [-0.1, -0.05) is 31.2 Å². The predicted molar refractivity (Wildman–Crippen MR) is 148 cm³/mol. The number of cyclic esters (lactones) is 1. The van der Waals surface area contributed by atoms with Crippen LogP contribution in [0, 0.1) is 16.0 Å². The number of anilines is 2. The van der Waals surface area contributed by atoms with E-state index < -0.39 is 28.4 Å². The molecule has 0 radical (unpaired) electrons. The second kappa shape index (κ2) is 11.3. The summed E-state index contributed by atoms with van der Waals surface area (Å²) < 4.78 is 5.02. The zero-order chi connectivity index (χ0) is 29.3. The molecule has 0 spiro atoms. The normalized spacial score (nSPS) is 22.9. The van der Waals surface area contributed by atoms with Crippen LogP contribution < -0.4 is 9.80 Å². The van der Waals surface area contributed by atoms with Crippen molar-refractivity contribution < 1.29 is 34.3 Å². The maximum atomic E-state index is 13.9. The van der Waals surface area contributed by atoms with Crippen molar-refractivity contribution in [3.63, 3.8) is 0 Å². The number of nitro groups is 1. The van der Waals surface area contributed by atoms with E-state index in [9.17, 15) is 34.7 Å². The van der Waals surface area contributed by atoms with Gasteiger partial charge in [-0.05, 0) is 36.6 Å². The van der Waals surface area contributed by atoms with Gasteiger partial charge in [0.15, 0.2) is 5.60 Å². The summed E-state index contributed by atoms with van der Waals surface area (Å²) in [5, 5.41) is 33.0. The average Bonchev–Trinajstić information content (AvgIpc) is 3.67. The number of nitro benzene ring substituents is 1. The molecular formula is C29H32N4O8. The lowest BCUT2D eigenvalue weighted by molar-refractivity contribution is -0.385. The number of nitrogens with zero attached hydrogens (tertiary/aromatic N) is 4. The fourth-order valence-electron chi connectivity index (χ4n) is 5.82. The number of rotatable bonds is 9. The summed E-state index contributed by atoms with van der Waals surface area (Å²) in [6, 6.07) is 10.8. The highest BCUT2D eigenvalue weighted by atomic mass is 16.6. The van der Waals surface area contributed by atoms with E-state index in [1.54, 1.807) is 48.2 Å². The van der Waals surface area contributed by atoms with E-state index in [0.29, 0.717) is 30.0 Å². The molecule has 0 bridgehead atoms. The zero-order valence-corrected chi connectivity index (χ0v) is 22.6. The Morgan fingerprint density at radius 3 is 2.76 bits per heavy atom. The van der Waals surface area contributed by atoms with Gasteiger partial charge in [0.2, 0.25) is 5.91 Å². The second-order valence-electron chi connectivity index (χ2n) is 10.5. The highest BCUT2D eigenvalue weighted by Gasteiger charge is 2.53. The van der Waals surface area contributed by atoms with E-state index in [0.717, 1.165) is 12.8 Å². The van der Waals surface area contributed by atoms with Crippen LogP contribution >= 0.6 is 0 Å². The van der Waals surface area contributed by atoms with Gasteiger partial charge in [-0.2, -0.15) is 0 Å². The third kappa shape index (κ3) is 5.16. The summed E-state index contributed by atoms with van der Waals surface area (Å²) in [4.78, 5) is 54.1. The number of carbonyl (C=O) groups is 3. The van der Waals surface area contributed by atoms with Crippen molar-refractivity contribution in [1.82, 2.24) is 4.90 Å². The van der Waals surface area contributed by atoms with Gasteiger partial charge in [0.25, 0.3) is 11.6 Å². The maximum Gasteiger partial charge on any atom is 0.414 e. The summed E-state index contributed by atoms with van der Waals surface area (Å²) in [5.74, 6) is -1.64. The van der Waals surface area contributed by atoms with Crippen molar-refractivity contribution in [2.75, 3.05) is 36.1 Å². The first kappa shape index (κ1) is 28.2. The van der Waals surface area contributed by atoms with E-state index >= 15 is 0 Å². The van der Waals surface area contributed by atoms with Crippen LogP contribution in [0.25, 0.3) is 0 Å². The van der Waals surface area contributed by atoms with Crippen molar-refractivity contribution in [3.05, 3.63) is 75.9 Å². The number of aliphatic hydroxyl groups excluding tert-OH is 1. The zero-order valence-electron chi connectivity index (χ0n) is 22.6. The Kier molecular flexibility index (Phi) is 7.78. The Labute approximate surface area is 236 Å². The second-order valence-corrected chi connectivity index (χ2v) is 10.5. The minimum atomic E-state index is -2.11. The number of carbonyl (C=O) groups excluding carboxylic acids is 3. The molecule has 0 aromatic heterocycles. The molecular weight excluding hydrogens is 532 g/mol. The third-order valence-corrected chi connectivity index (χ3v) is 8.07. The van der Waals surface area contributed by atoms with E-state index in [-0.39, 0.29) is 49.4 Å². The summed E-state index contributed by atoms with van der Waals surface area (Å²) in [5.41, 5.74) is -0.631. The van der Waals surface area contributed by atoms with Gasteiger partial charge in [0.1, 0.15) is 6.61 Å². The summed E-state index contributed by atoms with van der Waals surface area (Å²) in [7, 11) is 0. The Bertz CT molecular complexity index is 1410. The molecule has 0 saturated carbocycles. The van der Waals surface area contributed by atoms with Gasteiger partial charge in [-0.15, -0.1) is 0 Å². The predicted octanol–water partition coefficient (Wildman–Crippen LogP) is 2.85. The smallest absolute Gasteiger partial charge is 0.414 e. The van der Waals surface area contributed by atoms with Gasteiger partial charge in [0.05, 0.1) is 36.3 Å². The molecule has 2 aromatic carbocycles. The van der Waals surface area contributed by atoms with Crippen LogP contribution in [0.2, 0.25) is 0 Å². The fraction of sp³-hybridized carbons (Fsp3) is 0.414. The number of likely N-dealkylation sites (tertiary alicyclic amines) is 1. The standard InChI is InChI=1S/C29H32N4O8/c1-19(5-2-9-26(35)30-12-4-8-23(30)18-34)29(38)24-16-22(33(39)40)10-11-25(24)32(27(29)36)17-20-6-3-7-21(15-20)31-13-14-41-28(31)37/h2-3,5-7,10-11,15-16,19,23,34,38H,4,8-9,12-14,17-18H2,1H3/b5-2+/t19-,23-,29+/m0/s1. The number of aliphatic hydroxyl groups is 2. The lowest BCUT2D eigenvalue weighted by Crippen LogP contribution is -2.44. The molecule has 3 amide bonds. The first-order chi connectivity index (χ1) is 19.6. The summed E-state index contributed by atoms with van der Waals surface area (Å²) in [6.45, 7) is 2.83. The highest BCUT2D eigenvalue weighted by Crippen LogP contribution is 2.47. The number of non-ortho nitro benzene ring substituents is 1. The lowest BCUT2D eigenvalue weighted by atomic mass is 9.82. The van der Waals surface area contributed by atoms with E-state index in [2.05, 4.69) is 0 Å². The molecule has 3 atom stereocenters. The van der Waals surface area contributed by atoms with Crippen molar-refractivity contribution in [3.8, 4) is 0 Å². The first-order valence-corrected chi connectivity index (χ1v) is 13.6. The van der Waals surface area contributed by atoms with Gasteiger partial charge in [-0.3, -0.25) is 24.6 Å². The van der Waals surface area contributed by atoms with E-state index in [1.165, 1.54) is 28.0 Å². The van der Waals surface area contributed by atoms with E-state index in [1.807, 2.05) is 0 Å². The quantitative estimate of drug-likeness (QED) is 0.268. The molecule has 2 aromatic rings. The van der Waals surface area contributed by atoms with Crippen molar-refractivity contribution in [2.45, 2.75) is 44.4 Å². The Hall–Kier alpha value is -4.29. The molecule has 2 fully saturated rings. The van der Waals surface area contributed by atoms with Crippen LogP contribution in [-0.2, 0) is 26.5 Å². The molecule has 2 N–H and O–H groups in total. The molecule has 3 aliphatic rings. The number of fused-ring (bicyclic) bond motifs is 1. The molecule has 2 saturated heterocycles. The van der Waals surface area contributed by atoms with Crippen LogP contribution in [0.1, 0.15) is 37.3 Å². The van der Waals surface area contributed by atoms with Crippen molar-refractivity contribution in [2.24, 2.45) is 5.92 Å². The maximum absolute atomic E-state index is 13.9. The van der Waals surface area contributed by atoms with Crippen LogP contribution in [0.5, 0.6) is 0 Å². The van der Waals surface area contributed by atoms with Crippen LogP contribution in [-0.4, -0.2) is 70.3 Å². The summed E-state index contributed by atoms with van der Waals surface area (Å²) >= 11 is 0. The molecule has 12 heteroatoms. The molecule has 3 aliphatic heterocycles. The number of amides is 3. The van der Waals surface area contributed by atoms with Gasteiger partial charge in [0, 0.05) is 42.3 Å². The third-order valence-electron chi connectivity index (χ3n) is 8.07. The SMILES string of the molecule is C[C@@H](/C=C/CC(=O)N1CCC[C@H]1CO)[C@]1(O)C(=O)N(Cc2cccc(N3CCOC3=O)c2)c2ccc([N+](=O)[O-])cc21. The Morgan fingerprint density at radius 2 is 2.05 bits per heavy atom. The highest BCUT2D eigenvalue weighted by molar-refractivity contribution is 6.07. The average molecular weight is 565 g/mol. The number of hydrogen-bond donors (Lipinski definition) is 2. The Morgan fingerprint density at radius 1 is 1.24 bits per heavy atom. The van der Waals surface area contributed by atoms with E-state index in [4.69, 9.17) is 4.74 Å². The number of hydrogen-bond acceptors (Lipinski definition) is 8. The monoisotopic (exact) mass is 564 g/mol. The molecule has 12 nitrogen and oxygen atoms in total. The van der Waals surface area contributed by atoms with Crippen molar-refractivity contribution in [1.29, 1.82) is 0 Å². The van der Waals surface area contributed by atoms with Crippen LogP contribution in [0.15, 0.2) is 54.6 Å². The topological polar surface area (TPSA) is 154 Å². The van der Waals surface area contributed by atoms with Crippen LogP contribution in [0.3, 0.4) is 0 Å². The molecule has 216 valence electrons. The minimum absolute atomic E-state index is 0.0301. The number of ether oxygens (including phenoxy) is 1. The van der Waals surface area contributed by atoms with Crippen molar-refractivity contribution >= 4 is 35.0 Å². The molecule has 3 heterocycles. The summed E-state index contributed by atoms with van der Waals surface area (Å²) in [6.07, 6.45) is 4.30. The van der Waals surface area contributed by atoms with Gasteiger partial charge < -0.3 is 24.7 Å². The lowest BCUT2D eigenvalue weighted by Gasteiger charge is -2.28. The first-order valence-electron chi connectivity index (χ1n) is 13.6. The Balaban J connectivity index is 1.41. The van der Waals surface area contributed by atoms with Gasteiger partial charge in [-0.25, -0.2) is 4.79 Å². The number of benzene rings is 2. The molecule has 41 heavy (non-hydrogen) atoms. The minimum Gasteiger partial charge on any atom is -0.447 e. The molecule has 0 aliphatic carbocycles. The van der Waals surface area contributed by atoms with Crippen LogP contribution in [0.4, 0.5) is 21.9 Å². The fourth-order valence-corrected chi connectivity index (χ4v) is 5.82.